The highest BCUT2D eigenvalue weighted by atomic mass is 32.1. The summed E-state index contributed by atoms with van der Waals surface area (Å²) in [7, 11) is 0. The second kappa shape index (κ2) is 5.84. The normalized spacial score (nSPS) is 10.4. The minimum atomic E-state index is -1.12. The van der Waals surface area contributed by atoms with Crippen LogP contribution in [0.25, 0.3) is 0 Å². The van der Waals surface area contributed by atoms with Gasteiger partial charge in [0.15, 0.2) is 0 Å². The maximum Gasteiger partial charge on any atom is 0.140 e. The first kappa shape index (κ1) is 13.5. The van der Waals surface area contributed by atoms with Gasteiger partial charge in [-0.15, -0.1) is 11.3 Å². The molecule has 5 heteroatoms. The van der Waals surface area contributed by atoms with Gasteiger partial charge in [-0.25, -0.2) is 4.98 Å². The number of benzene rings is 1. The Labute approximate surface area is 115 Å². The Balaban J connectivity index is 1.96. The Morgan fingerprint density at radius 2 is 2.16 bits per heavy atom. The monoisotopic (exact) mass is 276 g/mol. The minimum Gasteiger partial charge on any atom is -0.550 e. The number of hydrogen-bond donors (Lipinski definition) is 0. The molecule has 0 N–H and O–H groups in total. The Bertz CT molecular complexity index is 592. The number of carbonyl (C=O) groups is 1. The highest BCUT2D eigenvalue weighted by Crippen LogP contribution is 2.19. The summed E-state index contributed by atoms with van der Waals surface area (Å²) in [5.74, 6) is -0.327. The van der Waals surface area contributed by atoms with Crippen LogP contribution in [0.1, 0.15) is 21.8 Å². The molecule has 0 radical (unpaired) electrons. The largest absolute Gasteiger partial charge is 0.550 e. The van der Waals surface area contributed by atoms with Crippen molar-refractivity contribution in [3.63, 3.8) is 0 Å². The van der Waals surface area contributed by atoms with Crippen molar-refractivity contribution in [2.45, 2.75) is 26.9 Å². The lowest BCUT2D eigenvalue weighted by Crippen LogP contribution is -2.24. The molecule has 0 spiro atoms. The van der Waals surface area contributed by atoms with E-state index in [4.69, 9.17) is 4.74 Å². The quantitative estimate of drug-likeness (QED) is 0.832. The van der Waals surface area contributed by atoms with E-state index in [1.54, 1.807) is 5.38 Å². The molecule has 0 saturated carbocycles. The van der Waals surface area contributed by atoms with Crippen LogP contribution >= 0.6 is 11.3 Å². The zero-order valence-corrected chi connectivity index (χ0v) is 11.6. The van der Waals surface area contributed by atoms with Gasteiger partial charge < -0.3 is 14.6 Å². The average Bonchev–Trinajstić information content (AvgIpc) is 2.77. The van der Waals surface area contributed by atoms with Crippen LogP contribution in [0.2, 0.25) is 0 Å². The van der Waals surface area contributed by atoms with Crippen LogP contribution in [0.15, 0.2) is 23.6 Å². The van der Waals surface area contributed by atoms with Gasteiger partial charge in [-0.2, -0.15) is 0 Å². The van der Waals surface area contributed by atoms with Crippen molar-refractivity contribution in [2.75, 3.05) is 0 Å². The highest BCUT2D eigenvalue weighted by molar-refractivity contribution is 7.09. The number of carbonyl (C=O) groups excluding carboxylic acids is 1. The van der Waals surface area contributed by atoms with Crippen molar-refractivity contribution in [3.8, 4) is 5.75 Å². The highest BCUT2D eigenvalue weighted by Gasteiger charge is 2.04. The predicted octanol–water partition coefficient (Wildman–Crippen LogP) is 1.63. The molecule has 0 aliphatic rings. The summed E-state index contributed by atoms with van der Waals surface area (Å²) in [6.45, 7) is 4.43. The van der Waals surface area contributed by atoms with E-state index in [-0.39, 0.29) is 6.42 Å². The maximum absolute atomic E-state index is 10.4. The summed E-state index contributed by atoms with van der Waals surface area (Å²) in [4.78, 5) is 14.6. The lowest BCUT2D eigenvalue weighted by atomic mass is 10.1. The number of carboxylic acid groups (broad SMARTS) is 1. The molecule has 100 valence electrons. The van der Waals surface area contributed by atoms with E-state index in [1.807, 2.05) is 32.0 Å². The lowest BCUT2D eigenvalue weighted by Gasteiger charge is -2.06. The van der Waals surface area contributed by atoms with Crippen molar-refractivity contribution in [1.82, 2.24) is 4.98 Å². The Kier molecular flexibility index (Phi) is 4.16. The van der Waals surface area contributed by atoms with Crippen LogP contribution in [0.5, 0.6) is 5.75 Å². The molecule has 0 fully saturated rings. The summed E-state index contributed by atoms with van der Waals surface area (Å²) in [5.41, 5.74) is 2.91. The summed E-state index contributed by atoms with van der Waals surface area (Å²) in [6.07, 6.45) is -0.153. The SMILES string of the molecule is Cc1ccc(OCc2nc(CC(=O)[O-])cs2)cc1C. The number of aromatic nitrogens is 1. The van der Waals surface area contributed by atoms with E-state index in [2.05, 4.69) is 4.98 Å². The molecular weight excluding hydrogens is 262 g/mol. The van der Waals surface area contributed by atoms with Gasteiger partial charge >= 0.3 is 0 Å². The van der Waals surface area contributed by atoms with Gasteiger partial charge in [0.25, 0.3) is 0 Å². The molecule has 1 heterocycles. The lowest BCUT2D eigenvalue weighted by molar-refractivity contribution is -0.304. The fourth-order valence-corrected chi connectivity index (χ4v) is 2.30. The van der Waals surface area contributed by atoms with Crippen molar-refractivity contribution < 1.29 is 14.6 Å². The summed E-state index contributed by atoms with van der Waals surface area (Å²) in [5, 5.41) is 12.9. The molecule has 2 rings (SSSR count). The first-order valence-electron chi connectivity index (χ1n) is 5.88. The van der Waals surface area contributed by atoms with Crippen molar-refractivity contribution in [2.24, 2.45) is 0 Å². The predicted molar refractivity (Wildman–Crippen MR) is 71.1 cm³/mol. The number of ether oxygens (including phenoxy) is 1. The van der Waals surface area contributed by atoms with Crippen LogP contribution in [0, 0.1) is 13.8 Å². The molecule has 0 aliphatic heterocycles. The first-order chi connectivity index (χ1) is 9.04. The van der Waals surface area contributed by atoms with Gasteiger partial charge in [-0.1, -0.05) is 6.07 Å². The second-order valence-corrected chi connectivity index (χ2v) is 5.26. The molecule has 0 aliphatic carbocycles. The number of nitrogens with zero attached hydrogens (tertiary/aromatic N) is 1. The summed E-state index contributed by atoms with van der Waals surface area (Å²) < 4.78 is 5.63. The Morgan fingerprint density at radius 1 is 1.37 bits per heavy atom. The Hall–Kier alpha value is -1.88. The number of hydrogen-bond acceptors (Lipinski definition) is 5. The number of aryl methyl sites for hydroxylation is 2. The van der Waals surface area contributed by atoms with E-state index < -0.39 is 5.97 Å². The van der Waals surface area contributed by atoms with E-state index in [9.17, 15) is 9.90 Å². The Morgan fingerprint density at radius 3 is 2.84 bits per heavy atom. The molecule has 0 bridgehead atoms. The third-order valence-corrected chi connectivity index (χ3v) is 3.64. The molecular formula is C14H14NO3S-. The molecule has 2 aromatic rings. The molecule has 0 saturated heterocycles. The minimum absolute atomic E-state index is 0.153. The molecule has 0 amide bonds. The molecule has 19 heavy (non-hydrogen) atoms. The van der Waals surface area contributed by atoms with Gasteiger partial charge in [-0.05, 0) is 37.1 Å². The van der Waals surface area contributed by atoms with Gasteiger partial charge in [0.05, 0.1) is 5.69 Å². The zero-order valence-electron chi connectivity index (χ0n) is 10.8. The molecule has 0 atom stereocenters. The van der Waals surface area contributed by atoms with E-state index in [0.29, 0.717) is 12.3 Å². The third-order valence-electron chi connectivity index (χ3n) is 2.77. The second-order valence-electron chi connectivity index (χ2n) is 4.32. The van der Waals surface area contributed by atoms with Crippen LogP contribution in [-0.2, 0) is 17.8 Å². The van der Waals surface area contributed by atoms with E-state index >= 15 is 0 Å². The zero-order chi connectivity index (χ0) is 13.8. The van der Waals surface area contributed by atoms with Gasteiger partial charge in [0.1, 0.15) is 17.4 Å². The third kappa shape index (κ3) is 3.79. The fourth-order valence-electron chi connectivity index (χ4n) is 1.59. The number of thiazole rings is 1. The molecule has 1 aromatic heterocycles. The standard InChI is InChI=1S/C14H15NO3S/c1-9-3-4-12(5-10(9)2)18-7-13-15-11(8-19-13)6-14(16)17/h3-5,8H,6-7H2,1-2H3,(H,16,17)/p-1. The molecule has 0 unspecified atom stereocenters. The first-order valence-corrected chi connectivity index (χ1v) is 6.76. The smallest absolute Gasteiger partial charge is 0.140 e. The maximum atomic E-state index is 10.4. The van der Waals surface area contributed by atoms with E-state index in [1.165, 1.54) is 22.5 Å². The van der Waals surface area contributed by atoms with Gasteiger partial charge in [0, 0.05) is 17.8 Å². The summed E-state index contributed by atoms with van der Waals surface area (Å²) in [6, 6.07) is 5.90. The van der Waals surface area contributed by atoms with E-state index in [0.717, 1.165) is 10.8 Å². The van der Waals surface area contributed by atoms with Gasteiger partial charge in [-0.3, -0.25) is 0 Å². The number of aliphatic carboxylic acids is 1. The van der Waals surface area contributed by atoms with Crippen LogP contribution in [0.4, 0.5) is 0 Å². The van der Waals surface area contributed by atoms with Crippen molar-refractivity contribution >= 4 is 17.3 Å². The van der Waals surface area contributed by atoms with Crippen molar-refractivity contribution in [3.05, 3.63) is 45.4 Å². The fraction of sp³-hybridized carbons (Fsp3) is 0.286. The van der Waals surface area contributed by atoms with Crippen LogP contribution in [0.3, 0.4) is 0 Å². The van der Waals surface area contributed by atoms with Crippen LogP contribution in [-0.4, -0.2) is 11.0 Å². The average molecular weight is 276 g/mol. The van der Waals surface area contributed by atoms with Crippen LogP contribution < -0.4 is 9.84 Å². The van der Waals surface area contributed by atoms with Crippen molar-refractivity contribution in [1.29, 1.82) is 0 Å². The molecule has 1 aromatic carbocycles. The van der Waals surface area contributed by atoms with Gasteiger partial charge in [0.2, 0.25) is 0 Å². The topological polar surface area (TPSA) is 62.2 Å². The number of carboxylic acids is 1. The summed E-state index contributed by atoms with van der Waals surface area (Å²) >= 11 is 1.39. The molecule has 4 nitrogen and oxygen atoms in total. The number of rotatable bonds is 5.